The summed E-state index contributed by atoms with van der Waals surface area (Å²) in [4.78, 5) is 28.4. The molecule has 1 aliphatic heterocycles. The first-order chi connectivity index (χ1) is 14.4. The van der Waals surface area contributed by atoms with Gasteiger partial charge in [0.2, 0.25) is 5.91 Å². The zero-order valence-electron chi connectivity index (χ0n) is 17.3. The number of benzene rings is 2. The third-order valence-electron chi connectivity index (χ3n) is 5.37. The topological polar surface area (TPSA) is 76.5 Å². The molecular weight excluding hydrogens is 380 g/mol. The van der Waals surface area contributed by atoms with Gasteiger partial charge in [0.05, 0.1) is 19.3 Å². The van der Waals surface area contributed by atoms with Gasteiger partial charge in [-0.1, -0.05) is 36.4 Å². The van der Waals surface area contributed by atoms with Crippen LogP contribution in [0.4, 0.5) is 5.69 Å². The van der Waals surface area contributed by atoms with Crippen LogP contribution in [0.5, 0.6) is 5.75 Å². The molecule has 2 amide bonds. The molecule has 2 heterocycles. The number of nitrogens with one attached hydrogen (secondary N) is 1. The van der Waals surface area contributed by atoms with Gasteiger partial charge in [0.15, 0.2) is 0 Å². The molecule has 2 aromatic carbocycles. The average molecular weight is 404 g/mol. The summed E-state index contributed by atoms with van der Waals surface area (Å²) in [5.41, 5.74) is 1.62. The fraction of sp³-hybridized carbons (Fsp3) is 0.261. The summed E-state index contributed by atoms with van der Waals surface area (Å²) in [6, 6.07) is 18.6. The van der Waals surface area contributed by atoms with E-state index >= 15 is 0 Å². The molecule has 1 aromatic heterocycles. The van der Waals surface area contributed by atoms with Gasteiger partial charge in [-0.25, -0.2) is 0 Å². The van der Waals surface area contributed by atoms with Gasteiger partial charge in [-0.3, -0.25) is 19.2 Å². The van der Waals surface area contributed by atoms with Gasteiger partial charge < -0.3 is 10.1 Å². The normalized spacial score (nSPS) is 18.1. The summed E-state index contributed by atoms with van der Waals surface area (Å²) in [6.07, 6.45) is 0. The molecule has 0 saturated carbocycles. The second kappa shape index (κ2) is 7.67. The molecule has 7 nitrogen and oxygen atoms in total. The first-order valence-corrected chi connectivity index (χ1v) is 9.77. The predicted molar refractivity (Wildman–Crippen MR) is 113 cm³/mol. The largest absolute Gasteiger partial charge is 0.497 e. The molecule has 0 bridgehead atoms. The monoisotopic (exact) mass is 404 g/mol. The van der Waals surface area contributed by atoms with E-state index in [-0.39, 0.29) is 18.4 Å². The average Bonchev–Trinajstić information content (AvgIpc) is 3.13. The summed E-state index contributed by atoms with van der Waals surface area (Å²) in [5.74, 6) is 0.0939. The highest BCUT2D eigenvalue weighted by atomic mass is 16.5. The number of rotatable bonds is 5. The van der Waals surface area contributed by atoms with Crippen LogP contribution in [0.2, 0.25) is 0 Å². The Morgan fingerprint density at radius 1 is 1.17 bits per heavy atom. The van der Waals surface area contributed by atoms with Crippen molar-refractivity contribution in [2.75, 3.05) is 12.0 Å². The predicted octanol–water partition coefficient (Wildman–Crippen LogP) is 2.94. The summed E-state index contributed by atoms with van der Waals surface area (Å²) in [5, 5.41) is 7.41. The van der Waals surface area contributed by atoms with Crippen LogP contribution >= 0.6 is 0 Å². The molecule has 4 rings (SSSR count). The number of hydrogen-bond donors (Lipinski definition) is 1. The molecule has 0 spiro atoms. The summed E-state index contributed by atoms with van der Waals surface area (Å²) in [6.45, 7) is 4.23. The Morgan fingerprint density at radius 2 is 1.93 bits per heavy atom. The minimum absolute atomic E-state index is 0.249. The quantitative estimate of drug-likeness (QED) is 0.709. The first kappa shape index (κ1) is 19.7. The highest BCUT2D eigenvalue weighted by Crippen LogP contribution is 2.34. The van der Waals surface area contributed by atoms with Crippen molar-refractivity contribution in [1.82, 2.24) is 15.1 Å². The SMILES string of the molecule is COc1cccc(N2C(=O)c3cc(C)nn3C[C@]2(C)C(=O)NCc2ccccc2)c1. The van der Waals surface area contributed by atoms with E-state index in [4.69, 9.17) is 4.74 Å². The molecule has 0 saturated heterocycles. The number of aryl methyl sites for hydroxylation is 1. The molecule has 1 N–H and O–H groups in total. The van der Waals surface area contributed by atoms with Crippen LogP contribution in [0.15, 0.2) is 60.7 Å². The maximum atomic E-state index is 13.5. The second-order valence-electron chi connectivity index (χ2n) is 7.61. The second-order valence-corrected chi connectivity index (χ2v) is 7.61. The van der Waals surface area contributed by atoms with Crippen molar-refractivity contribution in [2.24, 2.45) is 0 Å². The van der Waals surface area contributed by atoms with E-state index in [0.717, 1.165) is 11.3 Å². The fourth-order valence-electron chi connectivity index (χ4n) is 3.83. The third-order valence-corrected chi connectivity index (χ3v) is 5.37. The van der Waals surface area contributed by atoms with E-state index in [9.17, 15) is 9.59 Å². The van der Waals surface area contributed by atoms with Crippen LogP contribution < -0.4 is 15.0 Å². The summed E-state index contributed by atoms with van der Waals surface area (Å²) in [7, 11) is 1.57. The van der Waals surface area contributed by atoms with Crippen LogP contribution in [0, 0.1) is 6.92 Å². The zero-order valence-corrected chi connectivity index (χ0v) is 17.3. The fourth-order valence-corrected chi connectivity index (χ4v) is 3.83. The Kier molecular flexibility index (Phi) is 5.03. The van der Waals surface area contributed by atoms with Crippen LogP contribution in [0.1, 0.15) is 28.7 Å². The van der Waals surface area contributed by atoms with Crippen LogP contribution in [0.3, 0.4) is 0 Å². The van der Waals surface area contributed by atoms with E-state index in [1.54, 1.807) is 47.9 Å². The molecule has 0 radical (unpaired) electrons. The van der Waals surface area contributed by atoms with Crippen molar-refractivity contribution in [1.29, 1.82) is 0 Å². The van der Waals surface area contributed by atoms with Crippen molar-refractivity contribution in [3.8, 4) is 5.75 Å². The number of ether oxygens (including phenoxy) is 1. The number of methoxy groups -OCH3 is 1. The lowest BCUT2D eigenvalue weighted by Gasteiger charge is -2.43. The Bertz CT molecular complexity index is 1090. The van der Waals surface area contributed by atoms with Crippen molar-refractivity contribution in [3.63, 3.8) is 0 Å². The summed E-state index contributed by atoms with van der Waals surface area (Å²) >= 11 is 0. The van der Waals surface area contributed by atoms with Crippen molar-refractivity contribution in [2.45, 2.75) is 32.5 Å². The van der Waals surface area contributed by atoms with Crippen molar-refractivity contribution >= 4 is 17.5 Å². The minimum Gasteiger partial charge on any atom is -0.497 e. The number of aromatic nitrogens is 2. The molecule has 30 heavy (non-hydrogen) atoms. The maximum absolute atomic E-state index is 13.5. The van der Waals surface area contributed by atoms with Gasteiger partial charge >= 0.3 is 0 Å². The molecule has 0 aliphatic carbocycles. The smallest absolute Gasteiger partial charge is 0.277 e. The molecule has 1 atom stereocenters. The highest BCUT2D eigenvalue weighted by Gasteiger charge is 2.48. The number of carbonyl (C=O) groups is 2. The molecular formula is C23H24N4O3. The highest BCUT2D eigenvalue weighted by molar-refractivity contribution is 6.11. The van der Waals surface area contributed by atoms with Gasteiger partial charge in [0.25, 0.3) is 5.91 Å². The molecule has 3 aromatic rings. The van der Waals surface area contributed by atoms with E-state index in [2.05, 4.69) is 10.4 Å². The number of hydrogen-bond acceptors (Lipinski definition) is 4. The van der Waals surface area contributed by atoms with Crippen LogP contribution in [-0.4, -0.2) is 34.2 Å². The molecule has 0 fully saturated rings. The summed E-state index contributed by atoms with van der Waals surface area (Å²) < 4.78 is 6.95. The van der Waals surface area contributed by atoms with Gasteiger partial charge in [0, 0.05) is 18.3 Å². The van der Waals surface area contributed by atoms with E-state index in [1.807, 2.05) is 43.3 Å². The van der Waals surface area contributed by atoms with E-state index in [0.29, 0.717) is 23.7 Å². The number of amides is 2. The number of fused-ring (bicyclic) bond motifs is 1. The Labute approximate surface area is 175 Å². The van der Waals surface area contributed by atoms with Gasteiger partial charge in [0.1, 0.15) is 17.0 Å². The first-order valence-electron chi connectivity index (χ1n) is 9.77. The lowest BCUT2D eigenvalue weighted by Crippen LogP contribution is -2.64. The van der Waals surface area contributed by atoms with Crippen molar-refractivity contribution < 1.29 is 14.3 Å². The van der Waals surface area contributed by atoms with Crippen LogP contribution in [-0.2, 0) is 17.9 Å². The molecule has 1 aliphatic rings. The van der Waals surface area contributed by atoms with Gasteiger partial charge in [-0.15, -0.1) is 0 Å². The standard InChI is InChI=1S/C23H24N4O3/c1-16-12-20-21(28)27(18-10-7-11-19(13-18)30-3)23(2,15-26(20)25-16)22(29)24-14-17-8-5-4-6-9-17/h4-13H,14-15H2,1-3H3,(H,24,29)/t23-/m1/s1. The van der Waals surface area contributed by atoms with Crippen LogP contribution in [0.25, 0.3) is 0 Å². The van der Waals surface area contributed by atoms with Gasteiger partial charge in [-0.2, -0.15) is 5.10 Å². The molecule has 154 valence electrons. The Hall–Kier alpha value is -3.61. The lowest BCUT2D eigenvalue weighted by atomic mass is 9.93. The molecule has 0 unspecified atom stereocenters. The number of nitrogens with zero attached hydrogens (tertiary/aromatic N) is 3. The molecule has 7 heteroatoms. The Morgan fingerprint density at radius 3 is 2.67 bits per heavy atom. The maximum Gasteiger partial charge on any atom is 0.277 e. The Balaban J connectivity index is 1.73. The lowest BCUT2D eigenvalue weighted by molar-refractivity contribution is -0.126. The van der Waals surface area contributed by atoms with Gasteiger partial charge in [-0.05, 0) is 37.6 Å². The number of carbonyl (C=O) groups excluding carboxylic acids is 2. The minimum atomic E-state index is -1.16. The third kappa shape index (κ3) is 3.43. The zero-order chi connectivity index (χ0) is 21.3. The van der Waals surface area contributed by atoms with E-state index < -0.39 is 5.54 Å². The van der Waals surface area contributed by atoms with Crippen molar-refractivity contribution in [3.05, 3.63) is 77.6 Å². The number of anilines is 1. The van der Waals surface area contributed by atoms with E-state index in [1.165, 1.54) is 0 Å².